The van der Waals surface area contributed by atoms with Gasteiger partial charge in [-0.25, -0.2) is 0 Å². The average Bonchev–Trinajstić information content (AvgIpc) is 2.50. The summed E-state index contributed by atoms with van der Waals surface area (Å²) in [5.74, 6) is -0.162. The molecule has 0 aliphatic carbocycles. The van der Waals surface area contributed by atoms with Crippen molar-refractivity contribution in [1.29, 1.82) is 0 Å². The van der Waals surface area contributed by atoms with Crippen LogP contribution in [0.3, 0.4) is 0 Å². The van der Waals surface area contributed by atoms with Crippen molar-refractivity contribution < 1.29 is 23.5 Å². The van der Waals surface area contributed by atoms with E-state index in [1.807, 2.05) is 13.8 Å². The summed E-state index contributed by atoms with van der Waals surface area (Å²) in [6.45, 7) is 8.74. The Morgan fingerprint density at radius 2 is 1.17 bits per heavy atom. The molecule has 0 unspecified atom stereocenters. The van der Waals surface area contributed by atoms with Crippen molar-refractivity contribution in [2.45, 2.75) is 53.4 Å². The second-order valence-electron chi connectivity index (χ2n) is 6.52. The number of nitrogens with one attached hydrogen (secondary N) is 3. The van der Waals surface area contributed by atoms with Crippen molar-refractivity contribution >= 4 is 23.5 Å². The molecule has 24 heavy (non-hydrogen) atoms. The van der Waals surface area contributed by atoms with Crippen LogP contribution < -0.4 is 16.0 Å². The topological polar surface area (TPSA) is 104 Å². The molecule has 7 heteroatoms. The number of amides is 3. The summed E-state index contributed by atoms with van der Waals surface area (Å²) >= 11 is 0. The highest BCUT2D eigenvalue weighted by atomic mass is 16.2. The quantitative estimate of drug-likeness (QED) is 0.498. The first-order chi connectivity index (χ1) is 11.2. The molecular formula is C17H37N3O4. The Labute approximate surface area is 148 Å². The van der Waals surface area contributed by atoms with Crippen LogP contribution in [0.4, 0.5) is 0 Å². The van der Waals surface area contributed by atoms with Crippen LogP contribution in [0.1, 0.15) is 57.7 Å². The highest BCUT2D eigenvalue weighted by Crippen LogP contribution is 2.01. The van der Waals surface area contributed by atoms with E-state index in [2.05, 4.69) is 16.0 Å². The smallest absolute Gasteiger partial charge is 0.221 e. The average molecular weight is 348 g/mol. The molecule has 0 atom stereocenters. The molecule has 0 aliphatic heterocycles. The fourth-order valence-electron chi connectivity index (χ4n) is 1.74. The molecule has 0 heterocycles. The van der Waals surface area contributed by atoms with E-state index in [0.717, 1.165) is 0 Å². The molecule has 0 fully saturated rings. The minimum Gasteiger partial charge on any atom is -0.356 e. The maximum atomic E-state index is 11.6. The number of hydrogen-bond acceptors (Lipinski definition) is 4. The van der Waals surface area contributed by atoms with E-state index >= 15 is 0 Å². The number of ketones is 1. The van der Waals surface area contributed by atoms with E-state index in [9.17, 15) is 19.2 Å². The predicted octanol–water partition coefficient (Wildman–Crippen LogP) is 1.51. The van der Waals surface area contributed by atoms with E-state index in [1.54, 1.807) is 13.8 Å². The molecule has 3 N–H and O–H groups in total. The first-order valence-corrected chi connectivity index (χ1v) is 8.55. The summed E-state index contributed by atoms with van der Waals surface area (Å²) in [6, 6.07) is 0. The van der Waals surface area contributed by atoms with Crippen LogP contribution in [-0.2, 0) is 19.2 Å². The Bertz CT molecular complexity index is 447. The van der Waals surface area contributed by atoms with Crippen LogP contribution in [0.15, 0.2) is 0 Å². The first kappa shape index (κ1) is 22.1. The van der Waals surface area contributed by atoms with Gasteiger partial charge >= 0.3 is 0 Å². The molecule has 0 aromatic carbocycles. The predicted molar refractivity (Wildman–Crippen MR) is 98.5 cm³/mol. The third-order valence-corrected chi connectivity index (χ3v) is 3.30. The zero-order valence-corrected chi connectivity index (χ0v) is 15.2. The molecule has 144 valence electrons. The third-order valence-electron chi connectivity index (χ3n) is 3.30. The molecule has 0 bridgehead atoms. The highest BCUT2D eigenvalue weighted by Gasteiger charge is 2.10. The summed E-state index contributed by atoms with van der Waals surface area (Å²) < 4.78 is 0. The zero-order valence-electron chi connectivity index (χ0n) is 15.2. The van der Waals surface area contributed by atoms with Gasteiger partial charge in [0.2, 0.25) is 17.7 Å². The van der Waals surface area contributed by atoms with Gasteiger partial charge in [-0.2, -0.15) is 0 Å². The molecule has 0 aromatic rings. The van der Waals surface area contributed by atoms with Crippen LogP contribution in [0, 0.1) is 11.8 Å². The Kier molecular flexibility index (Phi) is 11.5. The molecular weight excluding hydrogens is 310 g/mol. The van der Waals surface area contributed by atoms with Gasteiger partial charge in [0.05, 0.1) is 0 Å². The summed E-state index contributed by atoms with van der Waals surface area (Å²) in [5, 5.41) is 8.01. The number of carbonyl (C=O) groups is 4. The molecule has 0 saturated heterocycles. The van der Waals surface area contributed by atoms with E-state index in [0.29, 0.717) is 12.5 Å². The SMILES string of the molecule is CC(C)CNC(=O)CCNC(=O)CCNC(=O)CCC(=O)C(C)C.[HH].[HH].[HH]. The van der Waals surface area contributed by atoms with E-state index in [-0.39, 0.29) is 72.5 Å². The lowest BCUT2D eigenvalue weighted by atomic mass is 10.0. The summed E-state index contributed by atoms with van der Waals surface area (Å²) in [7, 11) is 0. The van der Waals surface area contributed by atoms with Gasteiger partial charge in [0.25, 0.3) is 0 Å². The first-order valence-electron chi connectivity index (χ1n) is 8.55. The van der Waals surface area contributed by atoms with Crippen molar-refractivity contribution in [3.63, 3.8) is 0 Å². The fourth-order valence-corrected chi connectivity index (χ4v) is 1.74. The maximum absolute atomic E-state index is 11.6. The Balaban J connectivity index is -0.000000882. The molecule has 0 aliphatic rings. The summed E-state index contributed by atoms with van der Waals surface area (Å²) in [6.07, 6.45) is 0.759. The molecule has 0 saturated carbocycles. The van der Waals surface area contributed by atoms with Crippen molar-refractivity contribution in [3.8, 4) is 0 Å². The monoisotopic (exact) mass is 347 g/mol. The van der Waals surface area contributed by atoms with Gasteiger partial charge in [0.15, 0.2) is 0 Å². The minimum absolute atomic E-state index is 0. The number of Topliss-reactive ketones (excluding diaryl/α,β-unsaturated/α-hetero) is 1. The van der Waals surface area contributed by atoms with Crippen LogP contribution in [0.25, 0.3) is 0 Å². The minimum atomic E-state index is -0.232. The van der Waals surface area contributed by atoms with E-state index in [1.165, 1.54) is 0 Å². The van der Waals surface area contributed by atoms with Crippen LogP contribution in [0.5, 0.6) is 0 Å². The van der Waals surface area contributed by atoms with Crippen molar-refractivity contribution in [1.82, 2.24) is 16.0 Å². The highest BCUT2D eigenvalue weighted by molar-refractivity contribution is 5.86. The van der Waals surface area contributed by atoms with Crippen molar-refractivity contribution in [3.05, 3.63) is 0 Å². The van der Waals surface area contributed by atoms with Gasteiger partial charge in [0.1, 0.15) is 5.78 Å². The standard InChI is InChI=1S/C17H31N3O4.3H2/c1-12(2)11-20-17(24)8-10-19-16(23)7-9-18-15(22)6-5-14(21)13(3)4;;;/h12-13H,5-11H2,1-4H3,(H,18,22)(H,19,23)(H,20,24);3*1H. The molecule has 0 rings (SSSR count). The second kappa shape index (κ2) is 12.5. The number of rotatable bonds is 12. The van der Waals surface area contributed by atoms with E-state index in [4.69, 9.17) is 0 Å². The molecule has 0 spiro atoms. The normalized spacial score (nSPS) is 10.6. The van der Waals surface area contributed by atoms with Crippen LogP contribution in [0.2, 0.25) is 0 Å². The Hall–Kier alpha value is -1.92. The third kappa shape index (κ3) is 12.6. The van der Waals surface area contributed by atoms with Crippen molar-refractivity contribution in [2.75, 3.05) is 19.6 Å². The van der Waals surface area contributed by atoms with Gasteiger partial charge in [-0.05, 0) is 5.92 Å². The fraction of sp³-hybridized carbons (Fsp3) is 0.765. The van der Waals surface area contributed by atoms with E-state index < -0.39 is 0 Å². The van der Waals surface area contributed by atoms with Crippen LogP contribution in [-0.4, -0.2) is 43.1 Å². The van der Waals surface area contributed by atoms with Gasteiger partial charge < -0.3 is 16.0 Å². The molecule has 0 radical (unpaired) electrons. The second-order valence-corrected chi connectivity index (χ2v) is 6.52. The summed E-state index contributed by atoms with van der Waals surface area (Å²) in [5.41, 5.74) is 0. The Morgan fingerprint density at radius 3 is 1.62 bits per heavy atom. The molecule has 0 aromatic heterocycles. The largest absolute Gasteiger partial charge is 0.356 e. The van der Waals surface area contributed by atoms with Gasteiger partial charge in [-0.3, -0.25) is 19.2 Å². The Morgan fingerprint density at radius 1 is 0.708 bits per heavy atom. The molecule has 3 amide bonds. The summed E-state index contributed by atoms with van der Waals surface area (Å²) in [4.78, 5) is 46.0. The lowest BCUT2D eigenvalue weighted by Gasteiger charge is -2.09. The molecule has 7 nitrogen and oxygen atoms in total. The van der Waals surface area contributed by atoms with Gasteiger partial charge in [-0.1, -0.05) is 27.7 Å². The lowest BCUT2D eigenvalue weighted by Crippen LogP contribution is -2.34. The van der Waals surface area contributed by atoms with Gasteiger partial charge in [-0.15, -0.1) is 0 Å². The maximum Gasteiger partial charge on any atom is 0.221 e. The number of hydrogen-bond donors (Lipinski definition) is 3. The number of carbonyl (C=O) groups excluding carboxylic acids is 4. The zero-order chi connectivity index (χ0) is 18.5. The van der Waals surface area contributed by atoms with Crippen LogP contribution >= 0.6 is 0 Å². The lowest BCUT2D eigenvalue weighted by molar-refractivity contribution is -0.127. The van der Waals surface area contributed by atoms with Gasteiger partial charge in [0, 0.05) is 55.5 Å². The van der Waals surface area contributed by atoms with Crippen molar-refractivity contribution in [2.24, 2.45) is 11.8 Å².